The van der Waals surface area contributed by atoms with E-state index in [0.717, 1.165) is 25.1 Å². The fourth-order valence-electron chi connectivity index (χ4n) is 3.72. The summed E-state index contributed by atoms with van der Waals surface area (Å²) in [7, 11) is 0. The topological polar surface area (TPSA) is 80.9 Å². The second-order valence-electron chi connectivity index (χ2n) is 6.97. The Kier molecular flexibility index (Phi) is 4.96. The molecule has 6 nitrogen and oxygen atoms in total. The number of rotatable bonds is 7. The SMILES string of the molecule is CC(C)CC1(c2nnnn2CC(C)CC(=O)O)CCCC1. The van der Waals surface area contributed by atoms with Crippen LogP contribution in [0.5, 0.6) is 0 Å². The van der Waals surface area contributed by atoms with E-state index >= 15 is 0 Å². The van der Waals surface area contributed by atoms with Crippen LogP contribution < -0.4 is 0 Å². The molecule has 1 fully saturated rings. The van der Waals surface area contributed by atoms with Crippen LogP contribution in [0.15, 0.2) is 0 Å². The Morgan fingerprint density at radius 1 is 1.33 bits per heavy atom. The van der Waals surface area contributed by atoms with Crippen molar-refractivity contribution < 1.29 is 9.90 Å². The van der Waals surface area contributed by atoms with Crippen molar-refractivity contribution in [1.82, 2.24) is 20.2 Å². The molecule has 1 unspecified atom stereocenters. The van der Waals surface area contributed by atoms with Gasteiger partial charge in [-0.25, -0.2) is 4.68 Å². The molecule has 1 N–H and O–H groups in total. The third-order valence-electron chi connectivity index (χ3n) is 4.37. The summed E-state index contributed by atoms with van der Waals surface area (Å²) in [6.45, 7) is 6.99. The molecule has 1 aromatic heterocycles. The molecule has 1 atom stereocenters. The molecule has 1 heterocycles. The van der Waals surface area contributed by atoms with Crippen LogP contribution in [0.2, 0.25) is 0 Å². The first-order valence-corrected chi connectivity index (χ1v) is 7.91. The van der Waals surface area contributed by atoms with Gasteiger partial charge in [-0.1, -0.05) is 33.6 Å². The van der Waals surface area contributed by atoms with Crippen molar-refractivity contribution in [3.8, 4) is 0 Å². The number of carbonyl (C=O) groups is 1. The standard InChI is InChI=1S/C15H26N4O2/c1-11(2)9-15(6-4-5-7-15)14-16-17-18-19(14)10-12(3)8-13(20)21/h11-12H,4-10H2,1-3H3,(H,20,21). The highest BCUT2D eigenvalue weighted by atomic mass is 16.4. The average molecular weight is 294 g/mol. The average Bonchev–Trinajstić information content (AvgIpc) is 2.96. The Morgan fingerprint density at radius 3 is 2.57 bits per heavy atom. The maximum atomic E-state index is 10.8. The van der Waals surface area contributed by atoms with Gasteiger partial charge in [-0.3, -0.25) is 4.79 Å². The van der Waals surface area contributed by atoms with E-state index < -0.39 is 5.97 Å². The molecule has 0 aromatic carbocycles. The molecular weight excluding hydrogens is 268 g/mol. The van der Waals surface area contributed by atoms with E-state index in [1.807, 2.05) is 11.6 Å². The number of nitrogens with zero attached hydrogens (tertiary/aromatic N) is 4. The van der Waals surface area contributed by atoms with E-state index in [1.165, 1.54) is 12.8 Å². The minimum atomic E-state index is -0.769. The summed E-state index contributed by atoms with van der Waals surface area (Å²) < 4.78 is 1.85. The predicted octanol–water partition coefficient (Wildman–Crippen LogP) is 2.64. The summed E-state index contributed by atoms with van der Waals surface area (Å²) in [5.74, 6) is 0.827. The van der Waals surface area contributed by atoms with Gasteiger partial charge in [0.15, 0.2) is 5.82 Å². The third kappa shape index (κ3) is 3.80. The fourth-order valence-corrected chi connectivity index (χ4v) is 3.72. The molecule has 0 bridgehead atoms. The van der Waals surface area contributed by atoms with Gasteiger partial charge in [0, 0.05) is 18.4 Å². The first-order valence-electron chi connectivity index (χ1n) is 7.91. The van der Waals surface area contributed by atoms with Crippen molar-refractivity contribution in [2.45, 2.75) is 71.3 Å². The number of hydrogen-bond donors (Lipinski definition) is 1. The molecule has 2 rings (SSSR count). The molecular formula is C15H26N4O2. The zero-order chi connectivity index (χ0) is 15.5. The Labute approximate surface area is 125 Å². The van der Waals surface area contributed by atoms with Gasteiger partial charge in [0.25, 0.3) is 0 Å². The Balaban J connectivity index is 2.19. The highest BCUT2D eigenvalue weighted by Crippen LogP contribution is 2.44. The quantitative estimate of drug-likeness (QED) is 0.836. The zero-order valence-corrected chi connectivity index (χ0v) is 13.2. The number of hydrogen-bond acceptors (Lipinski definition) is 4. The predicted molar refractivity (Wildman–Crippen MR) is 78.8 cm³/mol. The number of aromatic nitrogens is 4. The zero-order valence-electron chi connectivity index (χ0n) is 13.2. The molecule has 1 aliphatic rings. The lowest BCUT2D eigenvalue weighted by Gasteiger charge is -2.29. The summed E-state index contributed by atoms with van der Waals surface area (Å²) >= 11 is 0. The Hall–Kier alpha value is -1.46. The minimum absolute atomic E-state index is 0.0299. The van der Waals surface area contributed by atoms with Crippen LogP contribution >= 0.6 is 0 Å². The van der Waals surface area contributed by atoms with Gasteiger partial charge >= 0.3 is 5.97 Å². The van der Waals surface area contributed by atoms with Gasteiger partial charge < -0.3 is 5.11 Å². The highest BCUT2D eigenvalue weighted by Gasteiger charge is 2.40. The molecule has 21 heavy (non-hydrogen) atoms. The Morgan fingerprint density at radius 2 is 2.00 bits per heavy atom. The third-order valence-corrected chi connectivity index (χ3v) is 4.37. The van der Waals surface area contributed by atoms with Gasteiger partial charge in [-0.15, -0.1) is 5.10 Å². The van der Waals surface area contributed by atoms with Crippen molar-refractivity contribution in [1.29, 1.82) is 0 Å². The summed E-state index contributed by atoms with van der Waals surface area (Å²) in [6, 6.07) is 0. The van der Waals surface area contributed by atoms with Crippen LogP contribution in [0.4, 0.5) is 0 Å². The second-order valence-corrected chi connectivity index (χ2v) is 6.97. The van der Waals surface area contributed by atoms with E-state index in [9.17, 15) is 4.79 Å². The number of tetrazole rings is 1. The molecule has 1 aliphatic carbocycles. The van der Waals surface area contributed by atoms with E-state index in [0.29, 0.717) is 12.5 Å². The van der Waals surface area contributed by atoms with Gasteiger partial charge in [0.1, 0.15) is 0 Å². The molecule has 0 radical (unpaired) electrons. The van der Waals surface area contributed by atoms with Crippen LogP contribution in [0.1, 0.15) is 65.1 Å². The maximum Gasteiger partial charge on any atom is 0.303 e. The van der Waals surface area contributed by atoms with Crippen LogP contribution in [0.25, 0.3) is 0 Å². The minimum Gasteiger partial charge on any atom is -0.481 e. The van der Waals surface area contributed by atoms with Crippen LogP contribution in [0.3, 0.4) is 0 Å². The summed E-state index contributed by atoms with van der Waals surface area (Å²) in [6.07, 6.45) is 5.98. The molecule has 0 amide bonds. The van der Waals surface area contributed by atoms with Crippen molar-refractivity contribution in [3.05, 3.63) is 5.82 Å². The molecule has 0 spiro atoms. The second kappa shape index (κ2) is 6.54. The van der Waals surface area contributed by atoms with E-state index in [2.05, 4.69) is 29.4 Å². The monoisotopic (exact) mass is 294 g/mol. The van der Waals surface area contributed by atoms with Crippen molar-refractivity contribution in [2.75, 3.05) is 0 Å². The van der Waals surface area contributed by atoms with E-state index in [1.54, 1.807) is 0 Å². The van der Waals surface area contributed by atoms with Gasteiger partial charge in [0.05, 0.1) is 0 Å². The molecule has 6 heteroatoms. The fraction of sp³-hybridized carbons (Fsp3) is 0.867. The maximum absolute atomic E-state index is 10.8. The van der Waals surface area contributed by atoms with Crippen molar-refractivity contribution >= 4 is 5.97 Å². The first-order chi connectivity index (χ1) is 9.93. The van der Waals surface area contributed by atoms with Crippen molar-refractivity contribution in [3.63, 3.8) is 0 Å². The van der Waals surface area contributed by atoms with Crippen molar-refractivity contribution in [2.24, 2.45) is 11.8 Å². The summed E-state index contributed by atoms with van der Waals surface area (Å²) in [4.78, 5) is 10.8. The Bertz CT molecular complexity index is 478. The first kappa shape index (κ1) is 15.9. The molecule has 1 saturated carbocycles. The number of carboxylic acid groups (broad SMARTS) is 1. The number of carboxylic acids is 1. The summed E-state index contributed by atoms with van der Waals surface area (Å²) in [5, 5.41) is 21.2. The lowest BCUT2D eigenvalue weighted by atomic mass is 9.77. The van der Waals surface area contributed by atoms with Gasteiger partial charge in [-0.05, 0) is 41.5 Å². The molecule has 1 aromatic rings. The van der Waals surface area contributed by atoms with Gasteiger partial charge in [0.2, 0.25) is 0 Å². The lowest BCUT2D eigenvalue weighted by molar-refractivity contribution is -0.138. The largest absolute Gasteiger partial charge is 0.481 e. The highest BCUT2D eigenvalue weighted by molar-refractivity contribution is 5.66. The summed E-state index contributed by atoms with van der Waals surface area (Å²) in [5.41, 5.74) is 0.0839. The van der Waals surface area contributed by atoms with Gasteiger partial charge in [-0.2, -0.15) is 0 Å². The smallest absolute Gasteiger partial charge is 0.303 e. The van der Waals surface area contributed by atoms with Crippen LogP contribution in [0, 0.1) is 11.8 Å². The van der Waals surface area contributed by atoms with E-state index in [-0.39, 0.29) is 17.8 Å². The molecule has 0 aliphatic heterocycles. The normalized spacial score (nSPS) is 19.0. The molecule has 0 saturated heterocycles. The van der Waals surface area contributed by atoms with Crippen LogP contribution in [-0.4, -0.2) is 31.3 Å². The van der Waals surface area contributed by atoms with E-state index in [4.69, 9.17) is 5.11 Å². The number of aliphatic carboxylic acids is 1. The molecule has 118 valence electrons. The lowest BCUT2D eigenvalue weighted by Crippen LogP contribution is -2.30. The van der Waals surface area contributed by atoms with Crippen LogP contribution in [-0.2, 0) is 16.8 Å².